The van der Waals surface area contributed by atoms with E-state index in [1.165, 1.54) is 148 Å². The van der Waals surface area contributed by atoms with Gasteiger partial charge in [-0.15, -0.1) is 0 Å². The maximum absolute atomic E-state index is 14.3. The maximum Gasteiger partial charge on any atom is 0.472 e. The molecule has 96 heavy (non-hydrogen) atoms. The Morgan fingerprint density at radius 2 is 0.667 bits per heavy atom. The molecular weight excluding hydrogens is 1270 g/mol. The molecule has 1 saturated carbocycles. The number of esters is 3. The Kier molecular flexibility index (Phi) is 49.4. The minimum Gasteiger partial charge on any atom is -0.463 e. The van der Waals surface area contributed by atoms with Crippen LogP contribution in [0.25, 0.3) is 0 Å². The molecule has 11 N–H and O–H groups in total. The topological polar surface area (TPSA) is 374 Å². The van der Waals surface area contributed by atoms with Crippen molar-refractivity contribution >= 4 is 25.7 Å². The van der Waals surface area contributed by atoms with E-state index in [4.69, 9.17) is 42.2 Å². The van der Waals surface area contributed by atoms with Crippen molar-refractivity contribution in [2.75, 3.05) is 26.4 Å². The Bertz CT molecular complexity index is 1990. The van der Waals surface area contributed by atoms with Crippen LogP contribution in [0.2, 0.25) is 0 Å². The molecule has 3 aliphatic rings. The van der Waals surface area contributed by atoms with Crippen molar-refractivity contribution in [1.82, 2.24) is 0 Å². The monoisotopic (exact) mass is 1400 g/mol. The van der Waals surface area contributed by atoms with E-state index in [1.807, 2.05) is 0 Å². The zero-order valence-electron chi connectivity index (χ0n) is 58.9. The molecule has 0 aromatic heterocycles. The van der Waals surface area contributed by atoms with Gasteiger partial charge in [-0.1, -0.05) is 265 Å². The van der Waals surface area contributed by atoms with Crippen LogP contribution >= 0.6 is 7.82 Å². The first-order valence-electron chi connectivity index (χ1n) is 37.8. The van der Waals surface area contributed by atoms with E-state index in [1.54, 1.807) is 0 Å². The smallest absolute Gasteiger partial charge is 0.463 e. The van der Waals surface area contributed by atoms with Crippen molar-refractivity contribution in [3.63, 3.8) is 0 Å². The molecule has 24 nitrogen and oxygen atoms in total. The highest BCUT2D eigenvalue weighted by molar-refractivity contribution is 7.47. The first-order valence-corrected chi connectivity index (χ1v) is 39.3. The normalized spacial score (nSPS) is 27.9. The van der Waals surface area contributed by atoms with E-state index in [2.05, 4.69) is 20.8 Å². The number of carbonyl (C=O) groups excluding carboxylic acids is 3. The second-order valence-electron chi connectivity index (χ2n) is 27.4. The first kappa shape index (κ1) is 88.2. The number of carbonyl (C=O) groups is 3. The van der Waals surface area contributed by atoms with Crippen molar-refractivity contribution in [1.29, 1.82) is 0 Å². The largest absolute Gasteiger partial charge is 0.472 e. The van der Waals surface area contributed by atoms with Crippen molar-refractivity contribution < 1.29 is 117 Å². The van der Waals surface area contributed by atoms with Gasteiger partial charge in [0.1, 0.15) is 98.7 Å². The Morgan fingerprint density at radius 1 is 0.365 bits per heavy atom. The van der Waals surface area contributed by atoms with E-state index in [0.29, 0.717) is 19.3 Å². The van der Waals surface area contributed by atoms with Crippen molar-refractivity contribution in [3.8, 4) is 0 Å². The summed E-state index contributed by atoms with van der Waals surface area (Å²) in [5, 5.41) is 110. The predicted octanol–water partition coefficient (Wildman–Crippen LogP) is 10.2. The maximum atomic E-state index is 14.3. The van der Waals surface area contributed by atoms with Gasteiger partial charge in [0.25, 0.3) is 0 Å². The van der Waals surface area contributed by atoms with Crippen LogP contribution in [0.4, 0.5) is 0 Å². The summed E-state index contributed by atoms with van der Waals surface area (Å²) in [6.07, 6.45) is 10.3. The molecule has 2 saturated heterocycles. The van der Waals surface area contributed by atoms with E-state index < -0.39 is 156 Å². The molecule has 2 heterocycles. The molecule has 0 radical (unpaired) electrons. The average Bonchev–Trinajstić information content (AvgIpc) is 0.765. The standard InChI is InChI=1S/C71H133O24P/c1-4-7-10-13-16-19-22-24-25-26-27-29-32-35-38-41-44-47-57(75)90-52(49-87-55(73)45-42-39-36-33-30-21-18-15-12-9-6-3)50-89-96(85,86)95-69-67(93-70-65(83)60(78)58(76)53(48-72)91-70)63(81)62(80)64(82)68(69)94-71-66(84)61(79)59(77)54(92-71)51-88-56(74)46-43-40-37-34-31-28-23-20-17-14-11-8-5-2/h52-54,58-72,76-84H,4-51H2,1-3H3,(H,85,86). The van der Waals surface area contributed by atoms with Crippen LogP contribution in [0.15, 0.2) is 0 Å². The molecule has 18 unspecified atom stereocenters. The second kappa shape index (κ2) is 53.7. The lowest BCUT2D eigenvalue weighted by Gasteiger charge is -2.49. The van der Waals surface area contributed by atoms with E-state index in [9.17, 15) is 74.9 Å². The van der Waals surface area contributed by atoms with Crippen molar-refractivity contribution in [3.05, 3.63) is 0 Å². The molecule has 18 atom stereocenters. The van der Waals surface area contributed by atoms with Crippen molar-refractivity contribution in [2.24, 2.45) is 0 Å². The highest BCUT2D eigenvalue weighted by Crippen LogP contribution is 2.49. The summed E-state index contributed by atoms with van der Waals surface area (Å²) in [5.74, 6) is -1.97. The fraction of sp³-hybridized carbons (Fsp3) is 0.958. The molecular formula is C71H133O24P. The van der Waals surface area contributed by atoms with E-state index >= 15 is 0 Å². The Balaban J connectivity index is 1.73. The molecule has 3 fully saturated rings. The molecule has 0 amide bonds. The Hall–Kier alpha value is -2.04. The van der Waals surface area contributed by atoms with Gasteiger partial charge in [-0.3, -0.25) is 23.4 Å². The van der Waals surface area contributed by atoms with Gasteiger partial charge in [0.05, 0.1) is 13.2 Å². The highest BCUT2D eigenvalue weighted by atomic mass is 31.2. The zero-order chi connectivity index (χ0) is 70.4. The third kappa shape index (κ3) is 36.7. The summed E-state index contributed by atoms with van der Waals surface area (Å²) in [6, 6.07) is 0. The van der Waals surface area contributed by atoms with Crippen molar-refractivity contribution in [2.45, 2.75) is 407 Å². The minimum atomic E-state index is -5.69. The Morgan fingerprint density at radius 3 is 1.02 bits per heavy atom. The quantitative estimate of drug-likeness (QED) is 0.0117. The SMILES string of the molecule is CCCCCCCCCCCCCCCCCCCC(=O)OC(COC(=O)CCCCCCCCCCCCC)COP(=O)(O)OC1C(OC2OC(CO)C(O)C(O)C2O)C(O)C(O)C(O)C1OC1OC(COC(=O)CCCCCCCCCCCCCCC)C(O)C(O)C1O. The average molecular weight is 1400 g/mol. The number of aliphatic hydroxyl groups is 10. The summed E-state index contributed by atoms with van der Waals surface area (Å²) in [4.78, 5) is 50.9. The third-order valence-corrected chi connectivity index (χ3v) is 19.9. The number of rotatable bonds is 59. The molecule has 0 aromatic carbocycles. The van der Waals surface area contributed by atoms with Gasteiger partial charge in [-0.25, -0.2) is 4.57 Å². The lowest BCUT2D eigenvalue weighted by Crippen LogP contribution is -2.69. The van der Waals surface area contributed by atoms with Gasteiger partial charge in [0, 0.05) is 19.3 Å². The lowest BCUT2D eigenvalue weighted by molar-refractivity contribution is -0.360. The van der Waals surface area contributed by atoms with Crippen LogP contribution < -0.4 is 0 Å². The van der Waals surface area contributed by atoms with Crippen LogP contribution in [0.1, 0.15) is 303 Å². The third-order valence-electron chi connectivity index (χ3n) is 18.9. The zero-order valence-corrected chi connectivity index (χ0v) is 59.8. The van der Waals surface area contributed by atoms with Gasteiger partial charge < -0.3 is 89.1 Å². The van der Waals surface area contributed by atoms with Gasteiger partial charge in [0.2, 0.25) is 0 Å². The molecule has 3 rings (SSSR count). The fourth-order valence-electron chi connectivity index (χ4n) is 12.7. The van der Waals surface area contributed by atoms with Gasteiger partial charge in [-0.2, -0.15) is 0 Å². The number of ether oxygens (including phenoxy) is 7. The van der Waals surface area contributed by atoms with Gasteiger partial charge in [0.15, 0.2) is 18.7 Å². The minimum absolute atomic E-state index is 0.0329. The van der Waals surface area contributed by atoms with Crippen LogP contribution in [0.3, 0.4) is 0 Å². The fourth-order valence-corrected chi connectivity index (χ4v) is 13.7. The number of unbranched alkanes of at least 4 members (excludes halogenated alkanes) is 38. The summed E-state index contributed by atoms with van der Waals surface area (Å²) in [7, 11) is -5.69. The molecule has 566 valence electrons. The second-order valence-corrected chi connectivity index (χ2v) is 28.8. The van der Waals surface area contributed by atoms with Crippen LogP contribution in [0, 0.1) is 0 Å². The molecule has 2 aliphatic heterocycles. The lowest BCUT2D eigenvalue weighted by atomic mass is 9.84. The predicted molar refractivity (Wildman–Crippen MR) is 361 cm³/mol. The number of hydrogen-bond donors (Lipinski definition) is 11. The van der Waals surface area contributed by atoms with Crippen LogP contribution in [0.5, 0.6) is 0 Å². The van der Waals surface area contributed by atoms with Crippen LogP contribution in [-0.4, -0.2) is 204 Å². The van der Waals surface area contributed by atoms with Gasteiger partial charge >= 0.3 is 25.7 Å². The number of phosphoric ester groups is 1. The number of aliphatic hydroxyl groups excluding tert-OH is 10. The Labute approximate surface area is 574 Å². The number of hydrogen-bond acceptors (Lipinski definition) is 23. The summed E-state index contributed by atoms with van der Waals surface area (Å²) in [6.45, 7) is 3.46. The summed E-state index contributed by atoms with van der Waals surface area (Å²) in [5.41, 5.74) is 0. The molecule has 0 spiro atoms. The summed E-state index contributed by atoms with van der Waals surface area (Å²) < 4.78 is 65.0. The highest BCUT2D eigenvalue weighted by Gasteiger charge is 2.58. The van der Waals surface area contributed by atoms with E-state index in [-0.39, 0.29) is 19.3 Å². The molecule has 25 heteroatoms. The first-order chi connectivity index (χ1) is 46.3. The summed E-state index contributed by atoms with van der Waals surface area (Å²) >= 11 is 0. The molecule has 0 bridgehead atoms. The van der Waals surface area contributed by atoms with Crippen LogP contribution in [-0.2, 0) is 61.2 Å². The molecule has 0 aromatic rings. The van der Waals surface area contributed by atoms with Gasteiger partial charge in [-0.05, 0) is 19.3 Å². The number of phosphoric acid groups is 1. The van der Waals surface area contributed by atoms with E-state index in [0.717, 1.165) is 96.3 Å². The molecule has 1 aliphatic carbocycles.